The number of hydroxylamine groups is 2. The van der Waals surface area contributed by atoms with Gasteiger partial charge in [-0.2, -0.15) is 5.06 Å². The number of phenolic OH excluding ortho intramolecular Hbond substituents is 1. The summed E-state index contributed by atoms with van der Waals surface area (Å²) in [7, 11) is -2.34. The van der Waals surface area contributed by atoms with Crippen LogP contribution in [0.5, 0.6) is 5.75 Å². The van der Waals surface area contributed by atoms with Crippen LogP contribution < -0.4 is 0 Å². The lowest BCUT2D eigenvalue weighted by atomic mass is 10.0. The fourth-order valence-corrected chi connectivity index (χ4v) is 6.85. The van der Waals surface area contributed by atoms with Gasteiger partial charge in [-0.25, -0.2) is 4.98 Å². The Morgan fingerprint density at radius 1 is 1.18 bits per heavy atom. The summed E-state index contributed by atoms with van der Waals surface area (Å²) < 4.78 is 5.62. The maximum atomic E-state index is 13.7. The number of amides is 3. The van der Waals surface area contributed by atoms with Crippen molar-refractivity contribution < 1.29 is 38.6 Å². The topological polar surface area (TPSA) is 156 Å². The van der Waals surface area contributed by atoms with Gasteiger partial charge in [0.05, 0.1) is 24.0 Å². The molecule has 1 aromatic carbocycles. The van der Waals surface area contributed by atoms with Gasteiger partial charge in [0, 0.05) is 25.2 Å². The smallest absolute Gasteiger partial charge is 0.327 e. The van der Waals surface area contributed by atoms with E-state index in [1.807, 2.05) is 13.0 Å². The van der Waals surface area contributed by atoms with E-state index in [1.54, 1.807) is 23.1 Å². The highest BCUT2D eigenvalue weighted by Crippen LogP contribution is 2.30. The first-order chi connectivity index (χ1) is 23.0. The van der Waals surface area contributed by atoms with Gasteiger partial charge in [-0.15, -0.1) is 11.3 Å². The third kappa shape index (κ3) is 13.5. The van der Waals surface area contributed by atoms with Gasteiger partial charge in [0.2, 0.25) is 12.3 Å². The highest BCUT2D eigenvalue weighted by atomic mass is 32.1. The Hall–Kier alpha value is -2.71. The Bertz CT molecular complexity index is 1390. The Morgan fingerprint density at radius 2 is 1.90 bits per heavy atom. The van der Waals surface area contributed by atoms with Crippen LogP contribution in [0, 0.1) is 11.3 Å². The molecule has 15 heteroatoms. The number of hydrogen-bond donors (Lipinski definition) is 3. The van der Waals surface area contributed by atoms with Crippen LogP contribution in [-0.2, 0) is 23.7 Å². The predicted molar refractivity (Wildman–Crippen MR) is 192 cm³/mol. The van der Waals surface area contributed by atoms with Gasteiger partial charge in [-0.1, -0.05) is 47.6 Å². The van der Waals surface area contributed by atoms with E-state index in [1.165, 1.54) is 27.4 Å². The molecule has 274 valence electrons. The molecule has 3 heterocycles. The Labute approximate surface area is 295 Å². The van der Waals surface area contributed by atoms with E-state index in [-0.39, 0.29) is 43.5 Å². The molecule has 2 saturated heterocycles. The molecular formula is C34H54N5O8PS. The second-order valence-electron chi connectivity index (χ2n) is 14.6. The van der Waals surface area contributed by atoms with E-state index in [9.17, 15) is 19.5 Å². The van der Waals surface area contributed by atoms with E-state index in [2.05, 4.69) is 51.4 Å². The van der Waals surface area contributed by atoms with Gasteiger partial charge in [0.1, 0.15) is 22.8 Å². The molecule has 4 rings (SSSR count). The van der Waals surface area contributed by atoms with Crippen molar-refractivity contribution in [3.63, 3.8) is 0 Å². The molecule has 2 fully saturated rings. The molecule has 3 amide bonds. The number of hydrogen-bond acceptors (Lipinski definition) is 11. The third-order valence-corrected chi connectivity index (χ3v) is 9.05. The van der Waals surface area contributed by atoms with E-state index in [4.69, 9.17) is 19.1 Å². The second kappa shape index (κ2) is 19.1. The van der Waals surface area contributed by atoms with Crippen LogP contribution in [0.4, 0.5) is 0 Å². The second-order valence-corrected chi connectivity index (χ2v) is 16.4. The molecule has 3 unspecified atom stereocenters. The molecule has 0 spiro atoms. The van der Waals surface area contributed by atoms with Crippen LogP contribution in [0.1, 0.15) is 79.2 Å². The summed E-state index contributed by atoms with van der Waals surface area (Å²) in [4.78, 5) is 72.8. The van der Waals surface area contributed by atoms with Crippen molar-refractivity contribution >= 4 is 54.5 Å². The molecule has 13 nitrogen and oxygen atoms in total. The molecule has 0 aliphatic carbocycles. The summed E-state index contributed by atoms with van der Waals surface area (Å²) in [5.41, 5.74) is 0.959. The summed E-state index contributed by atoms with van der Waals surface area (Å²) in [6.45, 7) is 17.2. The molecule has 0 radical (unpaired) electrons. The number of aromatic hydroxyl groups is 1. The number of likely N-dealkylation sites (tertiary alicyclic amines) is 1. The highest BCUT2D eigenvalue weighted by molar-refractivity contribution is 7.39. The fourth-order valence-electron chi connectivity index (χ4n) is 5.67. The van der Waals surface area contributed by atoms with Gasteiger partial charge in [-0.3, -0.25) is 19.2 Å². The van der Waals surface area contributed by atoms with Crippen molar-refractivity contribution in [3.8, 4) is 5.75 Å². The maximum absolute atomic E-state index is 13.7. The maximum Gasteiger partial charge on any atom is 0.327 e. The van der Waals surface area contributed by atoms with Crippen LogP contribution in [-0.4, -0.2) is 116 Å². The molecule has 1 aromatic heterocycles. The predicted octanol–water partition coefficient (Wildman–Crippen LogP) is 4.97. The Kier molecular flexibility index (Phi) is 15.8. The van der Waals surface area contributed by atoms with Gasteiger partial charge in [0.15, 0.2) is 6.17 Å². The number of para-hydroxylation sites is 1. The number of carbonyl (C=O) groups excluding carboxylic acids is 3. The number of unbranched alkanes of at least 4 members (excludes halogenated alkanes) is 1. The van der Waals surface area contributed by atoms with Gasteiger partial charge in [0.25, 0.3) is 5.91 Å². The molecule has 2 aliphatic rings. The van der Waals surface area contributed by atoms with Gasteiger partial charge in [-0.05, 0) is 68.7 Å². The fraction of sp³-hybridized carbons (Fsp3) is 0.647. The number of rotatable bonds is 15. The Balaban J connectivity index is 0.00000121. The minimum atomic E-state index is -2.34. The van der Waals surface area contributed by atoms with Crippen LogP contribution >= 0.6 is 19.9 Å². The van der Waals surface area contributed by atoms with Crippen molar-refractivity contribution in [2.24, 2.45) is 11.3 Å². The van der Waals surface area contributed by atoms with Crippen LogP contribution in [0.2, 0.25) is 0 Å². The number of nitrogens with zero attached hydrogens (tertiary/aromatic N) is 5. The first-order valence-corrected chi connectivity index (χ1v) is 18.8. The lowest BCUT2D eigenvalue weighted by Crippen LogP contribution is -2.65. The number of benzene rings is 1. The van der Waals surface area contributed by atoms with Crippen molar-refractivity contribution in [2.45, 2.75) is 92.5 Å². The molecule has 2 aromatic rings. The first kappa shape index (κ1) is 40.7. The zero-order valence-corrected chi connectivity index (χ0v) is 31.5. The van der Waals surface area contributed by atoms with Gasteiger partial charge < -0.3 is 34.1 Å². The summed E-state index contributed by atoms with van der Waals surface area (Å²) in [6.07, 6.45) is 5.29. The monoisotopic (exact) mass is 723 g/mol. The van der Waals surface area contributed by atoms with E-state index < -0.39 is 20.7 Å². The molecule has 3 N–H and O–H groups in total. The summed E-state index contributed by atoms with van der Waals surface area (Å²) in [6, 6.07) is 5.05. The average Bonchev–Trinajstić information content (AvgIpc) is 3.65. The number of thiazole rings is 1. The van der Waals surface area contributed by atoms with Gasteiger partial charge >= 0.3 is 8.60 Å². The standard InChI is InChI=1S/C29H42N5O8PS.C5H12/c1-20(2)15-21(3)42-34(27(37)10-9-25-30-29-23(36)7-6-8-24(29)44-25)26-17-33(28(38)18-32(26)19-35)22-11-13-31(16-22)12-4-5-14-41-43(39)40;1-5(2,3)4/h6-10,19-22,26,36,39-40H,4-5,11-18H2,1-3H3;1-4H3/b10-9+;. The SMILES string of the molecule is CC(C)(C)C.CC(C)CC(C)ON(C(=O)/C=C/c1nc2c(O)cccc2s1)C1CN(C2CCN(CCCCOP(O)O)C2)C(=O)CN1C=O. The molecule has 0 saturated carbocycles. The third-order valence-electron chi connectivity index (χ3n) is 7.65. The first-order valence-electron chi connectivity index (χ1n) is 16.9. The normalized spacial score (nSPS) is 19.6. The number of phenols is 1. The molecule has 3 atom stereocenters. The average molecular weight is 724 g/mol. The highest BCUT2D eigenvalue weighted by Gasteiger charge is 2.42. The van der Waals surface area contributed by atoms with E-state index in [0.29, 0.717) is 47.7 Å². The summed E-state index contributed by atoms with van der Waals surface area (Å²) >= 11 is 1.33. The van der Waals surface area contributed by atoms with Crippen LogP contribution in [0.15, 0.2) is 24.3 Å². The zero-order valence-electron chi connectivity index (χ0n) is 29.8. The van der Waals surface area contributed by atoms with Crippen molar-refractivity contribution in [3.05, 3.63) is 29.3 Å². The zero-order chi connectivity index (χ0) is 36.3. The van der Waals surface area contributed by atoms with Crippen molar-refractivity contribution in [1.29, 1.82) is 0 Å². The largest absolute Gasteiger partial charge is 0.506 e. The molecule has 49 heavy (non-hydrogen) atoms. The minimum absolute atomic E-state index is 0.0625. The van der Waals surface area contributed by atoms with Crippen LogP contribution in [0.25, 0.3) is 16.3 Å². The lowest BCUT2D eigenvalue weighted by Gasteiger charge is -2.45. The number of carbonyl (C=O) groups is 3. The van der Waals surface area contributed by atoms with Crippen molar-refractivity contribution in [1.82, 2.24) is 24.7 Å². The molecule has 2 aliphatic heterocycles. The lowest BCUT2D eigenvalue weighted by molar-refractivity contribution is -0.241. The molecule has 0 bridgehead atoms. The van der Waals surface area contributed by atoms with Crippen molar-refractivity contribution in [2.75, 3.05) is 39.3 Å². The van der Waals surface area contributed by atoms with E-state index in [0.717, 1.165) is 30.6 Å². The number of piperazine rings is 1. The Morgan fingerprint density at radius 3 is 2.53 bits per heavy atom. The summed E-state index contributed by atoms with van der Waals surface area (Å²) in [5.74, 6) is -0.294. The minimum Gasteiger partial charge on any atom is -0.506 e. The quantitative estimate of drug-likeness (QED) is 0.0754. The number of fused-ring (bicyclic) bond motifs is 1. The summed E-state index contributed by atoms with van der Waals surface area (Å²) in [5, 5.41) is 11.9. The van der Waals surface area contributed by atoms with E-state index >= 15 is 0 Å². The molecular weight excluding hydrogens is 669 g/mol. The number of aromatic nitrogens is 1. The van der Waals surface area contributed by atoms with Crippen LogP contribution in [0.3, 0.4) is 0 Å².